The van der Waals surface area contributed by atoms with Gasteiger partial charge in [-0.3, -0.25) is 0 Å². The van der Waals surface area contributed by atoms with Crippen LogP contribution in [0.1, 0.15) is 25.7 Å². The smallest absolute Gasteiger partial charge is 0.0701 e. The molecule has 0 aliphatic rings. The molecule has 0 spiro atoms. The highest BCUT2D eigenvalue weighted by atomic mass is 127. The monoisotopic (exact) mass is 374 g/mol. The molecule has 0 aromatic carbocycles. The van der Waals surface area contributed by atoms with E-state index in [0.29, 0.717) is 39.6 Å². The number of rotatable bonds is 15. The lowest BCUT2D eigenvalue weighted by atomic mass is 10.2. The Morgan fingerprint density at radius 2 is 1.11 bits per heavy atom. The molecule has 4 nitrogen and oxygen atoms in total. The quantitative estimate of drug-likeness (QED) is 0.251. The molecule has 0 saturated carbocycles. The Hall–Kier alpha value is 0.570. The highest BCUT2D eigenvalue weighted by Gasteiger charge is 1.92. The number of alkyl halides is 1. The van der Waals surface area contributed by atoms with Crippen LogP contribution in [0.3, 0.4) is 0 Å². The molecule has 0 atom stereocenters. The number of ether oxygens (including phenoxy) is 4. The first-order chi connectivity index (χ1) is 8.91. The van der Waals surface area contributed by atoms with Crippen LogP contribution in [0.15, 0.2) is 0 Å². The van der Waals surface area contributed by atoms with Gasteiger partial charge in [-0.05, 0) is 17.3 Å². The molecule has 110 valence electrons. The maximum Gasteiger partial charge on any atom is 0.0701 e. The highest BCUT2D eigenvalue weighted by molar-refractivity contribution is 14.1. The van der Waals surface area contributed by atoms with Crippen LogP contribution in [0.5, 0.6) is 0 Å². The first-order valence-electron chi connectivity index (χ1n) is 6.70. The highest BCUT2D eigenvalue weighted by Crippen LogP contribution is 2.02. The van der Waals surface area contributed by atoms with Crippen LogP contribution in [-0.4, -0.2) is 57.8 Å². The van der Waals surface area contributed by atoms with E-state index in [1.165, 1.54) is 23.7 Å². The maximum atomic E-state index is 5.47. The predicted molar refractivity (Wildman–Crippen MR) is 81.7 cm³/mol. The maximum absolute atomic E-state index is 5.47. The van der Waals surface area contributed by atoms with E-state index < -0.39 is 0 Å². The van der Waals surface area contributed by atoms with Crippen LogP contribution in [0.2, 0.25) is 0 Å². The van der Waals surface area contributed by atoms with Crippen molar-refractivity contribution in [1.29, 1.82) is 0 Å². The SMILES string of the molecule is COCCOCCOCCOCCCCCCI. The lowest BCUT2D eigenvalue weighted by Gasteiger charge is -2.06. The lowest BCUT2D eigenvalue weighted by molar-refractivity contribution is 0.00324. The number of methoxy groups -OCH3 is 1. The van der Waals surface area contributed by atoms with Gasteiger partial charge in [0.1, 0.15) is 0 Å². The third kappa shape index (κ3) is 16.6. The van der Waals surface area contributed by atoms with Crippen LogP contribution in [0.25, 0.3) is 0 Å². The van der Waals surface area contributed by atoms with Gasteiger partial charge < -0.3 is 18.9 Å². The molecular weight excluding hydrogens is 347 g/mol. The molecule has 0 aromatic rings. The van der Waals surface area contributed by atoms with E-state index in [4.69, 9.17) is 18.9 Å². The molecule has 0 heterocycles. The Morgan fingerprint density at radius 3 is 1.67 bits per heavy atom. The number of unbranched alkanes of at least 4 members (excludes halogenated alkanes) is 3. The fraction of sp³-hybridized carbons (Fsp3) is 1.00. The van der Waals surface area contributed by atoms with E-state index in [0.717, 1.165) is 13.0 Å². The zero-order valence-electron chi connectivity index (χ0n) is 11.5. The molecule has 0 unspecified atom stereocenters. The van der Waals surface area contributed by atoms with Crippen molar-refractivity contribution >= 4 is 22.6 Å². The van der Waals surface area contributed by atoms with Gasteiger partial charge in [0.05, 0.1) is 39.6 Å². The minimum absolute atomic E-state index is 0.625. The summed E-state index contributed by atoms with van der Waals surface area (Å²) >= 11 is 2.42. The van der Waals surface area contributed by atoms with Crippen molar-refractivity contribution in [2.75, 3.05) is 57.8 Å². The predicted octanol–water partition coefficient (Wildman–Crippen LogP) is 2.68. The average molecular weight is 374 g/mol. The summed E-state index contributed by atoms with van der Waals surface area (Å²) in [7, 11) is 1.67. The summed E-state index contributed by atoms with van der Waals surface area (Å²) in [6.45, 7) is 4.72. The molecule has 0 radical (unpaired) electrons. The van der Waals surface area contributed by atoms with Crippen molar-refractivity contribution in [1.82, 2.24) is 0 Å². The van der Waals surface area contributed by atoms with Gasteiger partial charge in [-0.15, -0.1) is 0 Å². The molecular formula is C13H27IO4. The molecule has 0 aliphatic carbocycles. The summed E-state index contributed by atoms with van der Waals surface area (Å²) in [6.07, 6.45) is 5.09. The Balaban J connectivity index is 2.86. The minimum Gasteiger partial charge on any atom is -0.382 e. The van der Waals surface area contributed by atoms with Crippen LogP contribution in [0, 0.1) is 0 Å². The van der Waals surface area contributed by atoms with Crippen molar-refractivity contribution in [3.8, 4) is 0 Å². The second kappa shape index (κ2) is 17.6. The average Bonchev–Trinajstić information content (AvgIpc) is 2.39. The zero-order chi connectivity index (χ0) is 13.3. The normalized spacial score (nSPS) is 11.0. The first kappa shape index (κ1) is 18.6. The summed E-state index contributed by atoms with van der Waals surface area (Å²) in [6, 6.07) is 0. The number of halogens is 1. The third-order valence-corrected chi connectivity index (χ3v) is 3.11. The third-order valence-electron chi connectivity index (χ3n) is 2.35. The molecule has 0 bridgehead atoms. The largest absolute Gasteiger partial charge is 0.382 e. The number of hydrogen-bond donors (Lipinski definition) is 0. The van der Waals surface area contributed by atoms with Crippen LogP contribution >= 0.6 is 22.6 Å². The van der Waals surface area contributed by atoms with Crippen molar-refractivity contribution in [2.24, 2.45) is 0 Å². The van der Waals surface area contributed by atoms with Crippen molar-refractivity contribution in [3.05, 3.63) is 0 Å². The fourth-order valence-electron chi connectivity index (χ4n) is 1.34. The molecule has 0 saturated heterocycles. The summed E-state index contributed by atoms with van der Waals surface area (Å²) in [5.74, 6) is 0. The van der Waals surface area contributed by atoms with E-state index >= 15 is 0 Å². The topological polar surface area (TPSA) is 36.9 Å². The van der Waals surface area contributed by atoms with E-state index in [1.807, 2.05) is 0 Å². The number of hydrogen-bond acceptors (Lipinski definition) is 4. The van der Waals surface area contributed by atoms with E-state index in [-0.39, 0.29) is 0 Å². The van der Waals surface area contributed by atoms with E-state index in [9.17, 15) is 0 Å². The van der Waals surface area contributed by atoms with Gasteiger partial charge in [-0.25, -0.2) is 0 Å². The molecule has 0 amide bonds. The molecule has 0 aromatic heterocycles. The lowest BCUT2D eigenvalue weighted by Crippen LogP contribution is -2.11. The molecule has 0 aliphatic heterocycles. The summed E-state index contributed by atoms with van der Waals surface area (Å²) in [5, 5.41) is 0. The van der Waals surface area contributed by atoms with Gasteiger partial charge in [0, 0.05) is 13.7 Å². The molecule has 5 heteroatoms. The minimum atomic E-state index is 0.625. The van der Waals surface area contributed by atoms with E-state index in [2.05, 4.69) is 22.6 Å². The second-order valence-electron chi connectivity index (χ2n) is 3.93. The Morgan fingerprint density at radius 1 is 0.611 bits per heavy atom. The van der Waals surface area contributed by atoms with Crippen LogP contribution in [-0.2, 0) is 18.9 Å². The molecule has 18 heavy (non-hydrogen) atoms. The Labute approximate surface area is 125 Å². The fourth-order valence-corrected chi connectivity index (χ4v) is 1.88. The zero-order valence-corrected chi connectivity index (χ0v) is 13.7. The molecule has 0 rings (SSSR count). The first-order valence-corrected chi connectivity index (χ1v) is 8.22. The Bertz CT molecular complexity index is 131. The van der Waals surface area contributed by atoms with Gasteiger partial charge in [0.15, 0.2) is 0 Å². The van der Waals surface area contributed by atoms with Crippen molar-refractivity contribution in [3.63, 3.8) is 0 Å². The van der Waals surface area contributed by atoms with Gasteiger partial charge in [0.25, 0.3) is 0 Å². The molecule has 0 fully saturated rings. The van der Waals surface area contributed by atoms with Crippen molar-refractivity contribution < 1.29 is 18.9 Å². The second-order valence-corrected chi connectivity index (χ2v) is 5.01. The van der Waals surface area contributed by atoms with Crippen LogP contribution < -0.4 is 0 Å². The summed E-state index contributed by atoms with van der Waals surface area (Å²) in [5.41, 5.74) is 0. The Kier molecular flexibility index (Phi) is 18.1. The van der Waals surface area contributed by atoms with Crippen molar-refractivity contribution in [2.45, 2.75) is 25.7 Å². The standard InChI is InChI=1S/C13H27IO4/c1-15-8-9-17-12-13-18-11-10-16-7-5-3-2-4-6-14/h2-13H2,1H3. The van der Waals surface area contributed by atoms with Gasteiger partial charge in [-0.1, -0.05) is 35.4 Å². The summed E-state index contributed by atoms with van der Waals surface area (Å²) < 4.78 is 22.2. The van der Waals surface area contributed by atoms with Crippen LogP contribution in [0.4, 0.5) is 0 Å². The van der Waals surface area contributed by atoms with Gasteiger partial charge >= 0.3 is 0 Å². The van der Waals surface area contributed by atoms with Gasteiger partial charge in [-0.2, -0.15) is 0 Å². The van der Waals surface area contributed by atoms with Gasteiger partial charge in [0.2, 0.25) is 0 Å². The van der Waals surface area contributed by atoms with E-state index in [1.54, 1.807) is 7.11 Å². The summed E-state index contributed by atoms with van der Waals surface area (Å²) in [4.78, 5) is 0. The molecule has 0 N–H and O–H groups in total.